The van der Waals surface area contributed by atoms with Crippen LogP contribution in [-0.4, -0.2) is 61.9 Å². The third-order valence-electron chi connectivity index (χ3n) is 1.71. The average molecular weight is 309 g/mol. The molecule has 118 valence electrons. The number of amides is 1. The molecule has 1 unspecified atom stereocenters. The molecule has 0 fully saturated rings. The van der Waals surface area contributed by atoms with Crippen molar-refractivity contribution in [2.75, 3.05) is 34.3 Å². The molecule has 0 aliphatic rings. The van der Waals surface area contributed by atoms with Crippen molar-refractivity contribution in [2.45, 2.75) is 13.0 Å². The van der Waals surface area contributed by atoms with Gasteiger partial charge < -0.3 is 32.5 Å². The molecule has 0 heterocycles. The summed E-state index contributed by atoms with van der Waals surface area (Å²) in [7, 11) is 5.89. The van der Waals surface area contributed by atoms with Crippen LogP contribution >= 0.6 is 0 Å². The molecule has 0 bridgehead atoms. The lowest BCUT2D eigenvalue weighted by Crippen LogP contribution is -3.00. The summed E-state index contributed by atoms with van der Waals surface area (Å²) in [5.74, 6) is -0.935. The van der Waals surface area contributed by atoms with Gasteiger partial charge in [-0.05, 0) is 13.0 Å². The van der Waals surface area contributed by atoms with Gasteiger partial charge in [0.15, 0.2) is 0 Å². The third kappa shape index (κ3) is 19.0. The van der Waals surface area contributed by atoms with Gasteiger partial charge in [-0.2, -0.15) is 0 Å². The highest BCUT2D eigenvalue weighted by Crippen LogP contribution is 1.98. The van der Waals surface area contributed by atoms with Crippen LogP contribution in [0.4, 0.5) is 0 Å². The van der Waals surface area contributed by atoms with E-state index in [1.54, 1.807) is 6.92 Å². The predicted molar refractivity (Wildman–Crippen MR) is 74.1 cm³/mol. The minimum Gasteiger partial charge on any atom is -1.00 e. The molecule has 0 saturated heterocycles. The fourth-order valence-electron chi connectivity index (χ4n) is 0.980. The van der Waals surface area contributed by atoms with Gasteiger partial charge >= 0.3 is 5.97 Å². The van der Waals surface area contributed by atoms with E-state index in [9.17, 15) is 14.7 Å². The number of esters is 1. The third-order valence-corrected chi connectivity index (χ3v) is 1.71. The van der Waals surface area contributed by atoms with Crippen LogP contribution in [0.25, 0.3) is 0 Å². The van der Waals surface area contributed by atoms with Crippen molar-refractivity contribution < 1.29 is 36.3 Å². The summed E-state index contributed by atoms with van der Waals surface area (Å²) < 4.78 is 5.44. The zero-order valence-electron chi connectivity index (χ0n) is 12.6. The van der Waals surface area contributed by atoms with Crippen molar-refractivity contribution in [3.05, 3.63) is 24.8 Å². The Labute approximate surface area is 126 Å². The number of ether oxygens (including phenoxy) is 1. The summed E-state index contributed by atoms with van der Waals surface area (Å²) in [6, 6.07) is 0. The molecule has 1 amide bonds. The zero-order chi connectivity index (χ0) is 15.6. The number of hydrogen-bond donors (Lipinski definition) is 2. The van der Waals surface area contributed by atoms with Crippen molar-refractivity contribution in [3.8, 4) is 0 Å². The maximum atomic E-state index is 11.0. The van der Waals surface area contributed by atoms with E-state index in [4.69, 9.17) is 4.74 Å². The molecule has 0 aromatic carbocycles. The Morgan fingerprint density at radius 3 is 2.05 bits per heavy atom. The van der Waals surface area contributed by atoms with Crippen LogP contribution in [0.5, 0.6) is 0 Å². The van der Waals surface area contributed by atoms with Gasteiger partial charge in [0, 0.05) is 5.57 Å². The maximum Gasteiger partial charge on any atom is 0.333 e. The topological polar surface area (TPSA) is 89.6 Å². The number of primary amides is 1. The highest BCUT2D eigenvalue weighted by Gasteiger charge is 2.17. The van der Waals surface area contributed by atoms with Gasteiger partial charge in [0.05, 0.1) is 21.1 Å². The predicted octanol–water partition coefficient (Wildman–Crippen LogP) is -3.17. The molecule has 6 nitrogen and oxygen atoms in total. The minimum atomic E-state index is -0.627. The fourth-order valence-corrected chi connectivity index (χ4v) is 0.980. The number of carbonyl (C=O) groups is 2. The normalized spacial score (nSPS) is 11.1. The summed E-state index contributed by atoms with van der Waals surface area (Å²) in [6.45, 7) is 8.69. The largest absolute Gasteiger partial charge is 1.00 e. The van der Waals surface area contributed by atoms with E-state index < -0.39 is 18.0 Å². The quantitative estimate of drug-likeness (QED) is 0.308. The molecule has 0 aliphatic heterocycles. The Kier molecular flexibility index (Phi) is 13.6. The summed E-state index contributed by atoms with van der Waals surface area (Å²) in [4.78, 5) is 20.4. The number of nitrogens with two attached hydrogens (primary N) is 1. The van der Waals surface area contributed by atoms with Crippen LogP contribution < -0.4 is 18.1 Å². The van der Waals surface area contributed by atoms with Crippen LogP contribution in [0, 0.1) is 0 Å². The molecule has 7 heteroatoms. The van der Waals surface area contributed by atoms with E-state index >= 15 is 0 Å². The monoisotopic (exact) mass is 308 g/mol. The molecule has 0 saturated carbocycles. The number of carbonyl (C=O) groups excluding carboxylic acids is 2. The number of nitrogens with zero attached hydrogens (tertiary/aromatic N) is 1. The number of aliphatic hydroxyl groups is 1. The van der Waals surface area contributed by atoms with Crippen LogP contribution in [0.3, 0.4) is 0 Å². The number of rotatable bonds is 6. The smallest absolute Gasteiger partial charge is 0.333 e. The Hall–Kier alpha value is -1.37. The van der Waals surface area contributed by atoms with E-state index in [0.717, 1.165) is 6.08 Å². The Balaban J connectivity index is -0.000000414. The second-order valence-corrected chi connectivity index (χ2v) is 5.11. The molecule has 1 atom stereocenters. The van der Waals surface area contributed by atoms with E-state index in [0.29, 0.717) is 16.6 Å². The van der Waals surface area contributed by atoms with Crippen molar-refractivity contribution in [1.29, 1.82) is 0 Å². The van der Waals surface area contributed by atoms with Crippen LogP contribution in [-0.2, 0) is 14.3 Å². The van der Waals surface area contributed by atoms with E-state index in [-0.39, 0.29) is 19.0 Å². The lowest BCUT2D eigenvalue weighted by atomic mass is 10.3. The van der Waals surface area contributed by atoms with Gasteiger partial charge in [0.2, 0.25) is 5.91 Å². The first kappa shape index (κ1) is 23.7. The molecule has 0 aliphatic carbocycles. The van der Waals surface area contributed by atoms with E-state index in [1.807, 2.05) is 21.1 Å². The van der Waals surface area contributed by atoms with Crippen LogP contribution in [0.1, 0.15) is 6.92 Å². The Morgan fingerprint density at radius 2 is 1.80 bits per heavy atom. The molecule has 3 N–H and O–H groups in total. The Bertz CT molecular complexity index is 338. The number of likely N-dealkylation sites (N-methyl/N-ethyl adjacent to an activating group) is 1. The van der Waals surface area contributed by atoms with Crippen molar-refractivity contribution in [3.63, 3.8) is 0 Å². The highest BCUT2D eigenvalue weighted by atomic mass is 35.5. The van der Waals surface area contributed by atoms with Gasteiger partial charge in [0.1, 0.15) is 19.3 Å². The van der Waals surface area contributed by atoms with Crippen molar-refractivity contribution in [2.24, 2.45) is 5.73 Å². The van der Waals surface area contributed by atoms with Gasteiger partial charge in [-0.3, -0.25) is 4.79 Å². The average Bonchev–Trinajstić information content (AvgIpc) is 2.24. The molecule has 0 spiro atoms. The van der Waals surface area contributed by atoms with Crippen LogP contribution in [0.2, 0.25) is 0 Å². The van der Waals surface area contributed by atoms with Gasteiger partial charge in [0.25, 0.3) is 0 Å². The molecular formula is C13H25ClN2O4. The minimum absolute atomic E-state index is 0. The second-order valence-electron chi connectivity index (χ2n) is 5.11. The zero-order valence-corrected chi connectivity index (χ0v) is 13.3. The fraction of sp³-hybridized carbons (Fsp3) is 0.538. The molecule has 0 rings (SSSR count). The summed E-state index contributed by atoms with van der Waals surface area (Å²) >= 11 is 0. The first-order valence-corrected chi connectivity index (χ1v) is 5.72. The van der Waals surface area contributed by atoms with Crippen LogP contribution in [0.15, 0.2) is 24.8 Å². The van der Waals surface area contributed by atoms with Crippen molar-refractivity contribution in [1.82, 2.24) is 0 Å². The first-order valence-electron chi connectivity index (χ1n) is 5.72. The summed E-state index contributed by atoms with van der Waals surface area (Å²) in [6.07, 6.45) is 0.429. The number of halogens is 1. The standard InChI is InChI=1S/C10H20NO3.C3H5NO.ClH/c1-8(2)10(13)14-7-9(12)6-11(3,4)5;1-2-3(4)5;/h9,12H,1,6-7H2,2-5H3;2H,1H2,(H2,4,5);1H/q+1;;/p-1. The highest BCUT2D eigenvalue weighted by molar-refractivity contribution is 5.86. The Morgan fingerprint density at radius 1 is 1.40 bits per heavy atom. The lowest BCUT2D eigenvalue weighted by Gasteiger charge is -2.26. The second kappa shape index (κ2) is 11.5. The molecule has 0 aromatic heterocycles. The van der Waals surface area contributed by atoms with Gasteiger partial charge in [-0.15, -0.1) is 0 Å². The maximum absolute atomic E-state index is 11.0. The number of hydrogen-bond acceptors (Lipinski definition) is 4. The molecular weight excluding hydrogens is 284 g/mol. The van der Waals surface area contributed by atoms with Gasteiger partial charge in [-0.1, -0.05) is 13.2 Å². The molecule has 0 aromatic rings. The van der Waals surface area contributed by atoms with E-state index in [2.05, 4.69) is 18.9 Å². The van der Waals surface area contributed by atoms with Crippen molar-refractivity contribution >= 4 is 11.9 Å². The summed E-state index contributed by atoms with van der Waals surface area (Å²) in [5, 5.41) is 9.49. The van der Waals surface area contributed by atoms with Gasteiger partial charge in [-0.25, -0.2) is 4.79 Å². The molecule has 0 radical (unpaired) electrons. The first-order chi connectivity index (χ1) is 8.49. The summed E-state index contributed by atoms with van der Waals surface area (Å²) in [5.41, 5.74) is 4.88. The SMILES string of the molecule is C=C(C)C(=O)OCC(O)C[N+](C)(C)C.C=CC(N)=O.[Cl-]. The number of aliphatic hydroxyl groups excluding tert-OH is 1. The lowest BCUT2D eigenvalue weighted by molar-refractivity contribution is -0.873. The number of quaternary nitrogens is 1. The molecule has 20 heavy (non-hydrogen) atoms. The van der Waals surface area contributed by atoms with E-state index in [1.165, 1.54) is 0 Å².